The molecule has 2 aromatic heterocycles. The third kappa shape index (κ3) is 4.37. The monoisotopic (exact) mass is 722 g/mol. The Morgan fingerprint density at radius 3 is 1.98 bits per heavy atom. The molecule has 1 aliphatic carbocycles. The van der Waals surface area contributed by atoms with Gasteiger partial charge in [-0.15, -0.1) is 0 Å². The summed E-state index contributed by atoms with van der Waals surface area (Å²) in [5.41, 5.74) is 12.6. The number of benzene rings is 8. The molecule has 1 aliphatic heterocycles. The summed E-state index contributed by atoms with van der Waals surface area (Å²) in [6.45, 7) is 4.57. The van der Waals surface area contributed by atoms with E-state index in [1.807, 2.05) is 24.3 Å². The maximum atomic E-state index is 7.01. The van der Waals surface area contributed by atoms with Crippen LogP contribution in [-0.4, -0.2) is 4.57 Å². The Morgan fingerprint density at radius 1 is 0.464 bits per heavy atom. The standard InChI is InChI=1S/C51H34N2O3/c1-51(2)40-19-7-3-15-34(40)39-29-48-49(30-41(39)51)56-50-44(22-12-24-46(50)55-48)52(33-25-26-38-37-18-6-10-23-45(37)54-47(38)28-33)31-13-11-14-32(27-31)53-42-20-8-4-16-35(42)36-17-5-9-21-43(36)53/h3-30H,1-2H3. The van der Waals surface area contributed by atoms with Crippen molar-refractivity contribution in [2.45, 2.75) is 19.3 Å². The van der Waals surface area contributed by atoms with Gasteiger partial charge < -0.3 is 23.4 Å². The molecule has 5 heteroatoms. The topological polar surface area (TPSA) is 39.8 Å². The lowest BCUT2D eigenvalue weighted by Crippen LogP contribution is -2.15. The van der Waals surface area contributed by atoms with E-state index >= 15 is 0 Å². The number of hydrogen-bond donors (Lipinski definition) is 0. The highest BCUT2D eigenvalue weighted by molar-refractivity contribution is 6.09. The molecule has 0 N–H and O–H groups in total. The van der Waals surface area contributed by atoms with Gasteiger partial charge in [-0.25, -0.2) is 0 Å². The quantitative estimate of drug-likeness (QED) is 0.181. The van der Waals surface area contributed by atoms with Crippen molar-refractivity contribution >= 4 is 60.8 Å². The summed E-state index contributed by atoms with van der Waals surface area (Å²) in [5, 5.41) is 4.61. The SMILES string of the molecule is CC1(C)c2ccccc2-c2cc3c(cc21)Oc1c(cccc1N(c1cccc(-n2c4ccccc4c4ccccc42)c1)c1ccc2c(c1)oc1ccccc12)O3. The predicted octanol–water partition coefficient (Wildman–Crippen LogP) is 14.4. The van der Waals surface area contributed by atoms with E-state index < -0.39 is 0 Å². The van der Waals surface area contributed by atoms with Gasteiger partial charge in [0.1, 0.15) is 11.2 Å². The molecule has 10 aromatic rings. The van der Waals surface area contributed by atoms with Crippen LogP contribution in [0.4, 0.5) is 17.1 Å². The van der Waals surface area contributed by atoms with E-state index in [9.17, 15) is 0 Å². The van der Waals surface area contributed by atoms with Gasteiger partial charge in [0.25, 0.3) is 0 Å². The summed E-state index contributed by atoms with van der Waals surface area (Å²) in [4.78, 5) is 2.25. The number of aromatic nitrogens is 1. The molecule has 0 radical (unpaired) electrons. The van der Waals surface area contributed by atoms with Crippen LogP contribution in [0, 0.1) is 0 Å². The minimum atomic E-state index is -0.175. The van der Waals surface area contributed by atoms with Gasteiger partial charge in [-0.1, -0.05) is 105 Å². The Balaban J connectivity index is 1.05. The van der Waals surface area contributed by atoms with Crippen molar-refractivity contribution in [1.82, 2.24) is 4.57 Å². The zero-order valence-electron chi connectivity index (χ0n) is 30.8. The highest BCUT2D eigenvalue weighted by Crippen LogP contribution is 2.57. The highest BCUT2D eigenvalue weighted by atomic mass is 16.6. The van der Waals surface area contributed by atoms with Crippen LogP contribution >= 0.6 is 0 Å². The molecule has 3 heterocycles. The van der Waals surface area contributed by atoms with Gasteiger partial charge in [-0.2, -0.15) is 0 Å². The van der Waals surface area contributed by atoms with Crippen LogP contribution < -0.4 is 14.4 Å². The molecule has 0 saturated heterocycles. The van der Waals surface area contributed by atoms with Gasteiger partial charge in [0.05, 0.1) is 22.4 Å². The van der Waals surface area contributed by atoms with Crippen molar-refractivity contribution in [3.8, 4) is 39.8 Å². The second-order valence-electron chi connectivity index (χ2n) is 15.3. The Kier molecular flexibility index (Phi) is 6.33. The number of nitrogens with zero attached hydrogens (tertiary/aromatic N) is 2. The summed E-state index contributed by atoms with van der Waals surface area (Å²) in [5.74, 6) is 2.73. The molecule has 0 amide bonds. The number of fused-ring (bicyclic) bond motifs is 11. The molecule has 0 atom stereocenters. The lowest BCUT2D eigenvalue weighted by atomic mass is 9.82. The molecule has 266 valence electrons. The van der Waals surface area contributed by atoms with E-state index in [0.29, 0.717) is 23.0 Å². The van der Waals surface area contributed by atoms with Crippen LogP contribution in [0.5, 0.6) is 23.0 Å². The molecule has 0 unspecified atom stereocenters. The third-order valence-electron chi connectivity index (χ3n) is 11.8. The Labute approximate surface area is 323 Å². The second-order valence-corrected chi connectivity index (χ2v) is 15.3. The van der Waals surface area contributed by atoms with Crippen LogP contribution in [0.1, 0.15) is 25.0 Å². The zero-order valence-corrected chi connectivity index (χ0v) is 30.8. The van der Waals surface area contributed by atoms with Gasteiger partial charge in [-0.3, -0.25) is 0 Å². The fourth-order valence-electron chi connectivity index (χ4n) is 9.21. The zero-order chi connectivity index (χ0) is 37.1. The number of hydrogen-bond acceptors (Lipinski definition) is 4. The van der Waals surface area contributed by atoms with Crippen molar-refractivity contribution in [3.05, 3.63) is 181 Å². The van der Waals surface area contributed by atoms with Crippen molar-refractivity contribution in [1.29, 1.82) is 0 Å². The molecule has 0 fully saturated rings. The van der Waals surface area contributed by atoms with Crippen LogP contribution in [-0.2, 0) is 5.41 Å². The number of para-hydroxylation sites is 4. The number of anilines is 3. The largest absolute Gasteiger partial charge is 0.456 e. The molecule has 0 spiro atoms. The van der Waals surface area contributed by atoms with Gasteiger partial charge in [0.2, 0.25) is 0 Å². The molecule has 0 saturated carbocycles. The first-order chi connectivity index (χ1) is 27.5. The van der Waals surface area contributed by atoms with E-state index in [0.717, 1.165) is 55.7 Å². The van der Waals surface area contributed by atoms with E-state index in [4.69, 9.17) is 13.9 Å². The van der Waals surface area contributed by atoms with E-state index in [1.165, 1.54) is 33.0 Å². The van der Waals surface area contributed by atoms with Crippen molar-refractivity contribution in [2.75, 3.05) is 4.90 Å². The van der Waals surface area contributed by atoms with Crippen molar-refractivity contribution < 1.29 is 13.9 Å². The maximum absolute atomic E-state index is 7.01. The first kappa shape index (κ1) is 31.1. The van der Waals surface area contributed by atoms with E-state index in [1.54, 1.807) is 0 Å². The molecule has 8 aromatic carbocycles. The average Bonchev–Trinajstić information content (AvgIpc) is 3.85. The predicted molar refractivity (Wildman–Crippen MR) is 227 cm³/mol. The Hall–Kier alpha value is -7.24. The Morgan fingerprint density at radius 2 is 1.14 bits per heavy atom. The third-order valence-corrected chi connectivity index (χ3v) is 11.8. The van der Waals surface area contributed by atoms with Gasteiger partial charge in [-0.05, 0) is 95.1 Å². The summed E-state index contributed by atoms with van der Waals surface area (Å²) in [6.07, 6.45) is 0. The van der Waals surface area contributed by atoms with E-state index in [-0.39, 0.29) is 5.41 Å². The minimum Gasteiger partial charge on any atom is -0.456 e. The first-order valence-corrected chi connectivity index (χ1v) is 19.1. The second kappa shape index (κ2) is 11.4. The molecule has 56 heavy (non-hydrogen) atoms. The van der Waals surface area contributed by atoms with Gasteiger partial charge >= 0.3 is 0 Å². The van der Waals surface area contributed by atoms with Crippen LogP contribution in [0.25, 0.3) is 60.6 Å². The van der Waals surface area contributed by atoms with Crippen LogP contribution in [0.15, 0.2) is 174 Å². The summed E-state index contributed by atoms with van der Waals surface area (Å²) < 4.78 is 22.6. The Bertz CT molecular complexity index is 3200. The normalized spacial score (nSPS) is 13.6. The highest BCUT2D eigenvalue weighted by Gasteiger charge is 2.38. The summed E-state index contributed by atoms with van der Waals surface area (Å²) >= 11 is 0. The van der Waals surface area contributed by atoms with Crippen molar-refractivity contribution in [3.63, 3.8) is 0 Å². The van der Waals surface area contributed by atoms with Gasteiger partial charge in [0, 0.05) is 44.4 Å². The van der Waals surface area contributed by atoms with Crippen LogP contribution in [0.2, 0.25) is 0 Å². The molecular weight excluding hydrogens is 689 g/mol. The minimum absolute atomic E-state index is 0.175. The number of furan rings is 1. The molecule has 12 rings (SSSR count). The average molecular weight is 723 g/mol. The fraction of sp³-hybridized carbons (Fsp3) is 0.0588. The molecule has 5 nitrogen and oxygen atoms in total. The van der Waals surface area contributed by atoms with Crippen molar-refractivity contribution in [2.24, 2.45) is 0 Å². The molecule has 2 aliphatic rings. The summed E-state index contributed by atoms with van der Waals surface area (Å²) in [6, 6.07) is 59.7. The number of rotatable bonds is 4. The fourth-order valence-corrected chi connectivity index (χ4v) is 9.21. The molecular formula is C51H34N2O3. The van der Waals surface area contributed by atoms with Crippen LogP contribution in [0.3, 0.4) is 0 Å². The number of ether oxygens (including phenoxy) is 2. The van der Waals surface area contributed by atoms with E-state index in [2.05, 4.69) is 169 Å². The van der Waals surface area contributed by atoms with Gasteiger partial charge in [0.15, 0.2) is 23.0 Å². The lowest BCUT2D eigenvalue weighted by molar-refractivity contribution is 0.360. The maximum Gasteiger partial charge on any atom is 0.194 e. The molecule has 0 bridgehead atoms. The smallest absolute Gasteiger partial charge is 0.194 e. The first-order valence-electron chi connectivity index (χ1n) is 19.1. The summed E-state index contributed by atoms with van der Waals surface area (Å²) in [7, 11) is 0. The lowest BCUT2D eigenvalue weighted by Gasteiger charge is -2.31.